The number of aryl methyl sites for hydroxylation is 1. The monoisotopic (exact) mass is 400 g/mol. The van der Waals surface area contributed by atoms with E-state index >= 15 is 0 Å². The summed E-state index contributed by atoms with van der Waals surface area (Å²) in [5, 5.41) is 0.770. The van der Waals surface area contributed by atoms with Crippen molar-refractivity contribution in [1.82, 2.24) is 4.72 Å². The average molecular weight is 401 g/mol. The van der Waals surface area contributed by atoms with Crippen LogP contribution < -0.4 is 9.62 Å². The molecule has 0 heterocycles. The summed E-state index contributed by atoms with van der Waals surface area (Å²) in [6, 6.07) is 13.1. The molecule has 0 aliphatic rings. The van der Waals surface area contributed by atoms with Crippen molar-refractivity contribution in [2.75, 3.05) is 25.5 Å². The lowest BCUT2D eigenvalue weighted by atomic mass is 10.1. The molecule has 0 aliphatic heterocycles. The number of anilines is 1. The Morgan fingerprint density at radius 1 is 0.960 bits per heavy atom. The highest BCUT2D eigenvalue weighted by atomic mass is 35.5. The molecule has 0 radical (unpaired) electrons. The Balaban J connectivity index is 1.80. The average Bonchev–Trinajstić information content (AvgIpc) is 2.55. The van der Waals surface area contributed by atoms with Gasteiger partial charge in [-0.15, -0.1) is 0 Å². The first-order valence-electron chi connectivity index (χ1n) is 7.94. The van der Waals surface area contributed by atoms with Crippen LogP contribution in [0.5, 0.6) is 0 Å². The molecule has 1 N–H and O–H groups in total. The van der Waals surface area contributed by atoms with Gasteiger partial charge in [-0.25, -0.2) is 13.1 Å². The van der Waals surface area contributed by atoms with E-state index < -0.39 is 10.0 Å². The third-order valence-corrected chi connectivity index (χ3v) is 5.85. The van der Waals surface area contributed by atoms with Crippen LogP contribution in [0, 0.1) is 0 Å². The first-order valence-corrected chi connectivity index (χ1v) is 10.4. The first-order chi connectivity index (χ1) is 11.8. The molecule has 25 heavy (non-hydrogen) atoms. The van der Waals surface area contributed by atoms with Crippen LogP contribution in [0.25, 0.3) is 0 Å². The maximum absolute atomic E-state index is 12.1. The van der Waals surface area contributed by atoms with E-state index in [9.17, 15) is 8.42 Å². The molecule has 0 fully saturated rings. The van der Waals surface area contributed by atoms with Gasteiger partial charge in [0.15, 0.2) is 0 Å². The van der Waals surface area contributed by atoms with Crippen LogP contribution in [-0.2, 0) is 22.2 Å². The van der Waals surface area contributed by atoms with Crippen molar-refractivity contribution in [2.24, 2.45) is 0 Å². The smallest absolute Gasteiger partial charge is 0.215 e. The zero-order valence-corrected chi connectivity index (χ0v) is 16.6. The number of sulfonamides is 1. The lowest BCUT2D eigenvalue weighted by Crippen LogP contribution is -2.26. The summed E-state index contributed by atoms with van der Waals surface area (Å²) in [4.78, 5) is 2.04. The van der Waals surface area contributed by atoms with Gasteiger partial charge < -0.3 is 4.90 Å². The highest BCUT2D eigenvalue weighted by molar-refractivity contribution is 7.88. The molecule has 0 bridgehead atoms. The highest BCUT2D eigenvalue weighted by Crippen LogP contribution is 2.23. The van der Waals surface area contributed by atoms with Crippen molar-refractivity contribution in [3.05, 3.63) is 63.6 Å². The fraction of sp³-hybridized carbons (Fsp3) is 0.333. The van der Waals surface area contributed by atoms with Gasteiger partial charge in [0.25, 0.3) is 0 Å². The van der Waals surface area contributed by atoms with E-state index in [1.807, 2.05) is 19.0 Å². The van der Waals surface area contributed by atoms with E-state index in [1.54, 1.807) is 18.2 Å². The van der Waals surface area contributed by atoms with E-state index in [1.165, 1.54) is 5.56 Å². The number of hydrogen-bond acceptors (Lipinski definition) is 3. The Labute approximate surface area is 159 Å². The molecule has 0 spiro atoms. The minimum Gasteiger partial charge on any atom is -0.378 e. The lowest BCUT2D eigenvalue weighted by Gasteiger charge is -2.12. The molecule has 0 saturated carbocycles. The summed E-state index contributed by atoms with van der Waals surface area (Å²) < 4.78 is 26.9. The van der Waals surface area contributed by atoms with Crippen LogP contribution in [-0.4, -0.2) is 29.1 Å². The van der Waals surface area contributed by atoms with Gasteiger partial charge in [-0.1, -0.05) is 41.4 Å². The predicted octanol–water partition coefficient (Wildman–Crippen LogP) is 4.11. The Kier molecular flexibility index (Phi) is 7.14. The van der Waals surface area contributed by atoms with Crippen LogP contribution in [0.2, 0.25) is 10.0 Å². The number of benzene rings is 2. The van der Waals surface area contributed by atoms with Gasteiger partial charge in [0.05, 0.1) is 15.8 Å². The third kappa shape index (κ3) is 6.51. The maximum atomic E-state index is 12.1. The zero-order valence-electron chi connectivity index (χ0n) is 14.3. The molecular formula is C18H22Cl2N2O2S. The molecule has 0 saturated heterocycles. The van der Waals surface area contributed by atoms with Crippen molar-refractivity contribution in [2.45, 2.75) is 18.6 Å². The summed E-state index contributed by atoms with van der Waals surface area (Å²) in [5.74, 6) is -0.110. The van der Waals surface area contributed by atoms with Gasteiger partial charge in [-0.3, -0.25) is 0 Å². The molecule has 2 rings (SSSR count). The van der Waals surface area contributed by atoms with Crippen molar-refractivity contribution >= 4 is 38.9 Å². The minimum atomic E-state index is -3.40. The quantitative estimate of drug-likeness (QED) is 0.678. The van der Waals surface area contributed by atoms with Crippen LogP contribution in [0.3, 0.4) is 0 Å². The van der Waals surface area contributed by atoms with Gasteiger partial charge in [-0.05, 0) is 48.2 Å². The number of halogens is 2. The van der Waals surface area contributed by atoms with Gasteiger partial charge in [0.1, 0.15) is 0 Å². The zero-order chi connectivity index (χ0) is 18.4. The Morgan fingerprint density at radius 3 is 2.20 bits per heavy atom. The molecule has 2 aromatic carbocycles. The first kappa shape index (κ1) is 20.0. The second kappa shape index (κ2) is 8.90. The molecule has 0 aromatic heterocycles. The molecule has 136 valence electrons. The van der Waals surface area contributed by atoms with Crippen molar-refractivity contribution in [3.63, 3.8) is 0 Å². The Morgan fingerprint density at radius 2 is 1.60 bits per heavy atom. The third-order valence-electron chi connectivity index (χ3n) is 3.76. The van der Waals surface area contributed by atoms with Crippen LogP contribution in [0.15, 0.2) is 42.5 Å². The number of hydrogen-bond donors (Lipinski definition) is 1. The van der Waals surface area contributed by atoms with Gasteiger partial charge in [0, 0.05) is 26.3 Å². The molecule has 4 nitrogen and oxygen atoms in total. The highest BCUT2D eigenvalue weighted by Gasteiger charge is 2.12. The van der Waals surface area contributed by atoms with Crippen LogP contribution >= 0.6 is 23.2 Å². The molecular weight excluding hydrogens is 379 g/mol. The topological polar surface area (TPSA) is 49.4 Å². The number of nitrogens with one attached hydrogen (secondary N) is 1. The lowest BCUT2D eigenvalue weighted by molar-refractivity contribution is 0.578. The second-order valence-corrected chi connectivity index (χ2v) is 8.69. The summed E-state index contributed by atoms with van der Waals surface area (Å²) >= 11 is 11.8. The van der Waals surface area contributed by atoms with E-state index in [2.05, 4.69) is 29.0 Å². The van der Waals surface area contributed by atoms with E-state index in [0.29, 0.717) is 22.2 Å². The normalized spacial score (nSPS) is 11.5. The van der Waals surface area contributed by atoms with Crippen molar-refractivity contribution in [1.29, 1.82) is 0 Å². The SMILES string of the molecule is CN(C)c1ccc(CCCNS(=O)(=O)Cc2ccc(Cl)c(Cl)c2)cc1. The maximum Gasteiger partial charge on any atom is 0.215 e. The largest absolute Gasteiger partial charge is 0.378 e. The van der Waals surface area contributed by atoms with Crippen molar-refractivity contribution < 1.29 is 8.42 Å². The Bertz CT molecular complexity index is 806. The van der Waals surface area contributed by atoms with E-state index in [4.69, 9.17) is 23.2 Å². The number of nitrogens with zero attached hydrogens (tertiary/aromatic N) is 1. The molecule has 2 aromatic rings. The summed E-state index contributed by atoms with van der Waals surface area (Å²) in [6.07, 6.45) is 1.56. The van der Waals surface area contributed by atoms with Gasteiger partial charge in [-0.2, -0.15) is 0 Å². The van der Waals surface area contributed by atoms with Crippen molar-refractivity contribution in [3.8, 4) is 0 Å². The Hall–Kier alpha value is -1.27. The molecule has 0 amide bonds. The van der Waals surface area contributed by atoms with E-state index in [0.717, 1.165) is 18.5 Å². The molecule has 0 unspecified atom stereocenters. The van der Waals surface area contributed by atoms with Crippen LogP contribution in [0.4, 0.5) is 5.69 Å². The summed E-state index contributed by atoms with van der Waals surface area (Å²) in [5.41, 5.74) is 2.95. The predicted molar refractivity (Wildman–Crippen MR) is 106 cm³/mol. The number of rotatable bonds is 8. The summed E-state index contributed by atoms with van der Waals surface area (Å²) in [6.45, 7) is 0.402. The molecule has 0 atom stereocenters. The van der Waals surface area contributed by atoms with Crippen LogP contribution in [0.1, 0.15) is 17.5 Å². The van der Waals surface area contributed by atoms with Gasteiger partial charge >= 0.3 is 0 Å². The summed E-state index contributed by atoms with van der Waals surface area (Å²) in [7, 11) is 0.600. The fourth-order valence-corrected chi connectivity index (χ4v) is 3.88. The molecule has 7 heteroatoms. The fourth-order valence-electron chi connectivity index (χ4n) is 2.38. The molecule has 0 aliphatic carbocycles. The van der Waals surface area contributed by atoms with E-state index in [-0.39, 0.29) is 5.75 Å². The standard InChI is InChI=1S/C18H22Cl2N2O2S/c1-22(2)16-8-5-14(6-9-16)4-3-11-21-25(23,24)13-15-7-10-17(19)18(20)12-15/h5-10,12,21H,3-4,11,13H2,1-2H3. The minimum absolute atomic E-state index is 0.110. The second-order valence-electron chi connectivity index (χ2n) is 6.07. The van der Waals surface area contributed by atoms with Gasteiger partial charge in [0.2, 0.25) is 10.0 Å².